The maximum atomic E-state index is 13.1. The van der Waals surface area contributed by atoms with Crippen LogP contribution < -0.4 is 16.0 Å². The van der Waals surface area contributed by atoms with Crippen molar-refractivity contribution in [1.29, 1.82) is 0 Å². The molecule has 1 amide bonds. The number of amides is 1. The summed E-state index contributed by atoms with van der Waals surface area (Å²) in [5.41, 5.74) is -0.487. The molecule has 0 spiro atoms. The Bertz CT molecular complexity index is 1160. The van der Waals surface area contributed by atoms with Gasteiger partial charge in [0, 0.05) is 30.6 Å². The molecule has 1 aromatic heterocycles. The zero-order chi connectivity index (χ0) is 26.9. The first-order chi connectivity index (χ1) is 18.2. The van der Waals surface area contributed by atoms with Gasteiger partial charge in [-0.25, -0.2) is 15.0 Å². The van der Waals surface area contributed by atoms with Crippen molar-refractivity contribution in [3.8, 4) is 0 Å². The first-order valence-electron chi connectivity index (χ1n) is 13.2. The number of carbonyl (C=O) groups excluding carboxylic acids is 1. The highest BCUT2D eigenvalue weighted by atomic mass is 19.4. The summed E-state index contributed by atoms with van der Waals surface area (Å²) in [7, 11) is 1.91. The van der Waals surface area contributed by atoms with Crippen LogP contribution in [0.15, 0.2) is 29.5 Å². The lowest BCUT2D eigenvalue weighted by atomic mass is 9.79. The molecule has 38 heavy (non-hydrogen) atoms. The van der Waals surface area contributed by atoms with Gasteiger partial charge in [-0.1, -0.05) is 6.92 Å². The third-order valence-electron chi connectivity index (χ3n) is 7.92. The monoisotopic (exact) mass is 533 g/mol. The van der Waals surface area contributed by atoms with Crippen LogP contribution in [0.5, 0.6) is 0 Å². The van der Waals surface area contributed by atoms with E-state index in [2.05, 4.69) is 42.7 Å². The molecule has 3 unspecified atom stereocenters. The van der Waals surface area contributed by atoms with Crippen molar-refractivity contribution in [3.05, 3.63) is 30.1 Å². The number of hydrogen-bond donors (Lipinski definition) is 3. The number of aromatic nitrogens is 2. The molecule has 5 rings (SSSR count). The maximum absolute atomic E-state index is 13.1. The highest BCUT2D eigenvalue weighted by Crippen LogP contribution is 2.34. The average molecular weight is 534 g/mol. The molecule has 1 aliphatic carbocycles. The predicted molar refractivity (Wildman–Crippen MR) is 137 cm³/mol. The number of halogens is 3. The highest BCUT2D eigenvalue weighted by molar-refractivity contribution is 6.27. The molecule has 1 aromatic carbocycles. The highest BCUT2D eigenvalue weighted by Gasteiger charge is 2.41. The van der Waals surface area contributed by atoms with E-state index >= 15 is 0 Å². The van der Waals surface area contributed by atoms with Crippen LogP contribution in [0.1, 0.15) is 44.6 Å². The van der Waals surface area contributed by atoms with Crippen LogP contribution in [0.25, 0.3) is 10.9 Å². The molecular formula is C26H34F3N7O2. The van der Waals surface area contributed by atoms with Crippen molar-refractivity contribution in [2.75, 3.05) is 20.1 Å². The molecule has 3 atom stereocenters. The molecule has 206 valence electrons. The summed E-state index contributed by atoms with van der Waals surface area (Å²) in [5.74, 6) is 0.282. The molecule has 9 nitrogen and oxygen atoms in total. The third-order valence-corrected chi connectivity index (χ3v) is 7.92. The first-order valence-corrected chi connectivity index (χ1v) is 13.2. The fourth-order valence-electron chi connectivity index (χ4n) is 5.71. The van der Waals surface area contributed by atoms with Gasteiger partial charge in [-0.05, 0) is 63.3 Å². The van der Waals surface area contributed by atoms with E-state index in [9.17, 15) is 18.0 Å². The number of ether oxygens (including phenoxy) is 1. The van der Waals surface area contributed by atoms with Crippen molar-refractivity contribution in [3.63, 3.8) is 0 Å². The number of likely N-dealkylation sites (N-methyl/N-ethyl adjacent to an activating group) is 1. The Labute approximate surface area is 219 Å². The number of nitrogens with one attached hydrogen (secondary N) is 3. The number of fused-ring (bicyclic) bond motifs is 1. The number of carbonyl (C=O) groups is 1. The molecule has 3 N–H and O–H groups in total. The normalized spacial score (nSPS) is 27.4. The van der Waals surface area contributed by atoms with E-state index in [-0.39, 0.29) is 29.7 Å². The van der Waals surface area contributed by atoms with Gasteiger partial charge in [-0.15, -0.1) is 0 Å². The lowest BCUT2D eigenvalue weighted by Crippen LogP contribution is -2.62. The van der Waals surface area contributed by atoms with Gasteiger partial charge in [0.1, 0.15) is 12.6 Å². The molecule has 1 saturated carbocycles. The van der Waals surface area contributed by atoms with E-state index in [0.717, 1.165) is 50.7 Å². The van der Waals surface area contributed by atoms with Crippen molar-refractivity contribution < 1.29 is 22.7 Å². The largest absolute Gasteiger partial charge is 0.416 e. The van der Waals surface area contributed by atoms with Gasteiger partial charge in [0.15, 0.2) is 12.0 Å². The van der Waals surface area contributed by atoms with Crippen molar-refractivity contribution in [2.24, 2.45) is 10.9 Å². The van der Waals surface area contributed by atoms with E-state index in [0.29, 0.717) is 23.5 Å². The number of hydrogen-bond acceptors (Lipinski definition) is 8. The van der Waals surface area contributed by atoms with E-state index in [1.165, 1.54) is 25.2 Å². The summed E-state index contributed by atoms with van der Waals surface area (Å²) in [6.07, 6.45) is 3.78. The summed E-state index contributed by atoms with van der Waals surface area (Å²) in [6, 6.07) is 4.22. The van der Waals surface area contributed by atoms with E-state index < -0.39 is 17.6 Å². The fourth-order valence-corrected chi connectivity index (χ4v) is 5.71. The maximum Gasteiger partial charge on any atom is 0.416 e. The molecule has 2 aromatic rings. The second-order valence-electron chi connectivity index (χ2n) is 10.4. The van der Waals surface area contributed by atoms with Gasteiger partial charge in [-0.2, -0.15) is 13.2 Å². The number of alkyl halides is 3. The molecular weight excluding hydrogens is 499 g/mol. The Kier molecular flexibility index (Phi) is 7.94. The van der Waals surface area contributed by atoms with Crippen LogP contribution >= 0.6 is 0 Å². The van der Waals surface area contributed by atoms with E-state index in [1.807, 2.05) is 7.05 Å². The van der Waals surface area contributed by atoms with Gasteiger partial charge in [0.2, 0.25) is 0 Å². The Morgan fingerprint density at radius 2 is 1.97 bits per heavy atom. The SMILES string of the molecule is CCC(NC1OC1NC)C1CCC(N2CC(NC(=O)C=Nc3ncnc4ccc(C(F)(F)F)cc34)C2)CC1. The first kappa shape index (κ1) is 26.9. The Hall–Kier alpha value is -2.67. The number of aliphatic imine (C=N–C) groups is 1. The smallest absolute Gasteiger partial charge is 0.346 e. The van der Waals surface area contributed by atoms with Crippen LogP contribution in [0.4, 0.5) is 19.0 Å². The molecule has 2 saturated heterocycles. The van der Waals surface area contributed by atoms with E-state index in [1.54, 1.807) is 0 Å². The molecule has 3 heterocycles. The lowest BCUT2D eigenvalue weighted by Gasteiger charge is -2.47. The zero-order valence-corrected chi connectivity index (χ0v) is 21.5. The van der Waals surface area contributed by atoms with Crippen LogP contribution in [-0.2, 0) is 15.7 Å². The lowest BCUT2D eigenvalue weighted by molar-refractivity contribution is -0.137. The third kappa shape index (κ3) is 6.14. The fraction of sp³-hybridized carbons (Fsp3) is 0.615. The quantitative estimate of drug-likeness (QED) is 0.336. The average Bonchev–Trinajstić information content (AvgIpc) is 3.65. The Morgan fingerprint density at radius 1 is 1.21 bits per heavy atom. The number of likely N-dealkylation sites (tertiary alicyclic amines) is 1. The minimum absolute atomic E-state index is 0.0258. The second kappa shape index (κ2) is 11.2. The zero-order valence-electron chi connectivity index (χ0n) is 21.5. The van der Waals surface area contributed by atoms with Gasteiger partial charge >= 0.3 is 6.18 Å². The number of epoxide rings is 1. The summed E-state index contributed by atoms with van der Waals surface area (Å²) in [6.45, 7) is 3.80. The number of nitrogens with zero attached hydrogens (tertiary/aromatic N) is 4. The summed E-state index contributed by atoms with van der Waals surface area (Å²) in [5, 5.41) is 9.85. The Balaban J connectivity index is 1.08. The standard InChI is InChI=1S/C26H34F3N7O2/c1-3-20(35-25-24(30-2)38-25)15-4-7-18(8-5-15)36-12-17(13-36)34-22(37)11-31-23-19-10-16(26(27,28)29)6-9-21(19)32-14-33-23/h6,9-11,14-15,17-18,20,24-25,30,35H,3-5,7-8,12-13H2,1-2H3,(H,34,37). The summed E-state index contributed by atoms with van der Waals surface area (Å²) >= 11 is 0. The molecule has 0 radical (unpaired) electrons. The van der Waals surface area contributed by atoms with Crippen LogP contribution in [-0.4, -0.2) is 77.7 Å². The Morgan fingerprint density at radius 3 is 2.63 bits per heavy atom. The minimum atomic E-state index is -4.49. The number of benzene rings is 1. The summed E-state index contributed by atoms with van der Waals surface area (Å²) < 4.78 is 44.9. The van der Waals surface area contributed by atoms with Crippen LogP contribution in [0.2, 0.25) is 0 Å². The van der Waals surface area contributed by atoms with Crippen molar-refractivity contribution in [1.82, 2.24) is 30.8 Å². The molecule has 12 heteroatoms. The van der Waals surface area contributed by atoms with Gasteiger partial charge in [0.25, 0.3) is 5.91 Å². The van der Waals surface area contributed by atoms with Crippen LogP contribution in [0.3, 0.4) is 0 Å². The molecule has 3 fully saturated rings. The topological polar surface area (TPSA) is 107 Å². The van der Waals surface area contributed by atoms with E-state index in [4.69, 9.17) is 4.74 Å². The van der Waals surface area contributed by atoms with Gasteiger partial charge in [-0.3, -0.25) is 20.3 Å². The molecule has 3 aliphatic rings. The van der Waals surface area contributed by atoms with Crippen molar-refractivity contribution >= 4 is 28.8 Å². The van der Waals surface area contributed by atoms with Gasteiger partial charge < -0.3 is 10.1 Å². The molecule has 2 aliphatic heterocycles. The van der Waals surface area contributed by atoms with Crippen molar-refractivity contribution in [2.45, 2.75) is 75.8 Å². The second-order valence-corrected chi connectivity index (χ2v) is 10.4. The number of rotatable bonds is 9. The van der Waals surface area contributed by atoms with Crippen LogP contribution in [0, 0.1) is 5.92 Å². The minimum Gasteiger partial charge on any atom is -0.346 e. The summed E-state index contributed by atoms with van der Waals surface area (Å²) in [4.78, 5) is 26.9. The predicted octanol–water partition coefficient (Wildman–Crippen LogP) is 2.98. The molecule has 0 bridgehead atoms. The van der Waals surface area contributed by atoms with Gasteiger partial charge in [0.05, 0.1) is 23.3 Å².